The molecule has 0 radical (unpaired) electrons. The third-order valence-corrected chi connectivity index (χ3v) is 1.89. The second-order valence-corrected chi connectivity index (χ2v) is 2.94. The lowest BCUT2D eigenvalue weighted by Gasteiger charge is -2.27. The van der Waals surface area contributed by atoms with Crippen LogP contribution in [0.15, 0.2) is 23.4 Å². The number of allylic oxidation sites excluding steroid dienone is 2. The molecule has 1 aliphatic heterocycles. The van der Waals surface area contributed by atoms with E-state index >= 15 is 0 Å². The van der Waals surface area contributed by atoms with Gasteiger partial charge in [-0.15, -0.1) is 0 Å². The van der Waals surface area contributed by atoms with Gasteiger partial charge in [0.15, 0.2) is 0 Å². The maximum atomic E-state index is 10.5. The van der Waals surface area contributed by atoms with Gasteiger partial charge in [-0.2, -0.15) is 0 Å². The summed E-state index contributed by atoms with van der Waals surface area (Å²) in [6, 6.07) is -1.16. The van der Waals surface area contributed by atoms with Gasteiger partial charge in [0.1, 0.15) is 6.29 Å². The third-order valence-electron chi connectivity index (χ3n) is 1.89. The van der Waals surface area contributed by atoms with Gasteiger partial charge in [-0.3, -0.25) is 4.79 Å². The van der Waals surface area contributed by atoms with Gasteiger partial charge in [0.2, 0.25) is 0 Å². The Labute approximate surface area is 84.9 Å². The van der Waals surface area contributed by atoms with E-state index in [4.69, 9.17) is 0 Å². The van der Waals surface area contributed by atoms with Crippen LogP contribution in [-0.2, 0) is 14.4 Å². The number of aliphatic carboxylic acids is 2. The number of carboxylic acid groups (broad SMARTS) is 2. The molecular weight excluding hydrogens is 202 g/mol. The second kappa shape index (κ2) is 4.41. The molecule has 6 heteroatoms. The molecule has 0 saturated carbocycles. The van der Waals surface area contributed by atoms with Gasteiger partial charge in [-0.05, 0) is 24.1 Å². The predicted molar refractivity (Wildman–Crippen MR) is 43.8 cm³/mol. The van der Waals surface area contributed by atoms with Crippen LogP contribution in [-0.4, -0.2) is 24.3 Å². The summed E-state index contributed by atoms with van der Waals surface area (Å²) in [5.41, 5.74) is -0.0688. The minimum atomic E-state index is -1.53. The SMILES string of the molecule is O=C/C=C1\C=C(C(=O)[O-])NC(C(=O)[O-])C1. The molecule has 0 aromatic carbocycles. The van der Waals surface area contributed by atoms with Gasteiger partial charge in [0.25, 0.3) is 0 Å². The van der Waals surface area contributed by atoms with Gasteiger partial charge in [0.05, 0.1) is 23.7 Å². The van der Waals surface area contributed by atoms with E-state index in [2.05, 4.69) is 5.32 Å². The van der Waals surface area contributed by atoms with E-state index < -0.39 is 18.0 Å². The highest BCUT2D eigenvalue weighted by atomic mass is 16.4. The summed E-state index contributed by atoms with van der Waals surface area (Å²) >= 11 is 0. The summed E-state index contributed by atoms with van der Waals surface area (Å²) in [6.07, 6.45) is 2.71. The van der Waals surface area contributed by atoms with Crippen LogP contribution < -0.4 is 15.5 Å². The third kappa shape index (κ3) is 2.67. The zero-order valence-corrected chi connectivity index (χ0v) is 7.56. The minimum absolute atomic E-state index is 0.00213. The maximum absolute atomic E-state index is 10.5. The van der Waals surface area contributed by atoms with Crippen LogP contribution >= 0.6 is 0 Å². The zero-order valence-electron chi connectivity index (χ0n) is 7.56. The lowest BCUT2D eigenvalue weighted by molar-refractivity contribution is -0.308. The Kier molecular flexibility index (Phi) is 3.22. The molecule has 0 fully saturated rings. The van der Waals surface area contributed by atoms with Crippen molar-refractivity contribution in [3.63, 3.8) is 0 Å². The first-order valence-corrected chi connectivity index (χ1v) is 4.09. The van der Waals surface area contributed by atoms with Gasteiger partial charge < -0.3 is 25.1 Å². The van der Waals surface area contributed by atoms with Crippen LogP contribution in [0, 0.1) is 0 Å². The normalized spacial score (nSPS) is 22.8. The quantitative estimate of drug-likeness (QED) is 0.388. The van der Waals surface area contributed by atoms with E-state index in [1.54, 1.807) is 0 Å². The topological polar surface area (TPSA) is 109 Å². The molecule has 0 bridgehead atoms. The van der Waals surface area contributed by atoms with Gasteiger partial charge in [-0.1, -0.05) is 0 Å². The van der Waals surface area contributed by atoms with Crippen molar-refractivity contribution in [2.45, 2.75) is 12.5 Å². The monoisotopic (exact) mass is 209 g/mol. The fourth-order valence-electron chi connectivity index (χ4n) is 1.22. The fraction of sp³-hybridized carbons (Fsp3) is 0.222. The Morgan fingerprint density at radius 2 is 2.13 bits per heavy atom. The van der Waals surface area contributed by atoms with E-state index in [-0.39, 0.29) is 12.1 Å². The Hall–Kier alpha value is -2.11. The van der Waals surface area contributed by atoms with Crippen LogP contribution in [0.2, 0.25) is 0 Å². The van der Waals surface area contributed by atoms with Crippen molar-refractivity contribution in [3.05, 3.63) is 23.4 Å². The molecule has 0 aromatic rings. The Morgan fingerprint density at radius 1 is 1.47 bits per heavy atom. The molecule has 15 heavy (non-hydrogen) atoms. The number of carbonyl (C=O) groups is 3. The van der Waals surface area contributed by atoms with Crippen molar-refractivity contribution in [1.29, 1.82) is 0 Å². The molecule has 0 spiro atoms. The number of hydrogen-bond acceptors (Lipinski definition) is 6. The molecule has 0 aliphatic carbocycles. The molecule has 1 atom stereocenters. The number of aldehydes is 1. The summed E-state index contributed by atoms with van der Waals surface area (Å²) in [5, 5.41) is 23.3. The van der Waals surface area contributed by atoms with Crippen molar-refractivity contribution < 1.29 is 24.6 Å². The van der Waals surface area contributed by atoms with Crippen molar-refractivity contribution in [1.82, 2.24) is 5.32 Å². The largest absolute Gasteiger partial charge is 0.548 e. The average Bonchev–Trinajstić information content (AvgIpc) is 2.17. The first-order valence-electron chi connectivity index (χ1n) is 4.09. The number of nitrogens with one attached hydrogen (secondary N) is 1. The van der Waals surface area contributed by atoms with E-state index in [1.807, 2.05) is 0 Å². The molecule has 0 saturated heterocycles. The molecule has 80 valence electrons. The lowest BCUT2D eigenvalue weighted by atomic mass is 10.0. The van der Waals surface area contributed by atoms with E-state index in [0.29, 0.717) is 11.9 Å². The van der Waals surface area contributed by atoms with E-state index in [9.17, 15) is 24.6 Å². The van der Waals surface area contributed by atoms with Crippen LogP contribution in [0.5, 0.6) is 0 Å². The zero-order chi connectivity index (χ0) is 11.4. The number of carbonyl (C=O) groups excluding carboxylic acids is 3. The Balaban J connectivity index is 2.99. The van der Waals surface area contributed by atoms with Crippen LogP contribution in [0.4, 0.5) is 0 Å². The summed E-state index contributed by atoms with van der Waals surface area (Å²) in [4.78, 5) is 31.2. The van der Waals surface area contributed by atoms with Gasteiger partial charge >= 0.3 is 0 Å². The lowest BCUT2D eigenvalue weighted by Crippen LogP contribution is -2.49. The van der Waals surface area contributed by atoms with Crippen molar-refractivity contribution >= 4 is 18.2 Å². The first kappa shape index (κ1) is 11.0. The molecular formula is C9H7NO5-2. The van der Waals surface area contributed by atoms with E-state index in [0.717, 1.165) is 12.2 Å². The summed E-state index contributed by atoms with van der Waals surface area (Å²) in [7, 11) is 0. The highest BCUT2D eigenvalue weighted by Gasteiger charge is 2.18. The fourth-order valence-corrected chi connectivity index (χ4v) is 1.22. The van der Waals surface area contributed by atoms with Gasteiger partial charge in [0, 0.05) is 0 Å². The molecule has 1 N–H and O–H groups in total. The van der Waals surface area contributed by atoms with Crippen LogP contribution in [0.1, 0.15) is 6.42 Å². The summed E-state index contributed by atoms with van der Waals surface area (Å²) < 4.78 is 0. The molecule has 1 heterocycles. The maximum Gasteiger partial charge on any atom is 0.143 e. The summed E-state index contributed by atoms with van der Waals surface area (Å²) in [5.74, 6) is -2.96. The molecule has 6 nitrogen and oxygen atoms in total. The average molecular weight is 209 g/mol. The van der Waals surface area contributed by atoms with Crippen molar-refractivity contribution in [2.75, 3.05) is 0 Å². The second-order valence-electron chi connectivity index (χ2n) is 2.94. The smallest absolute Gasteiger partial charge is 0.143 e. The minimum Gasteiger partial charge on any atom is -0.548 e. The van der Waals surface area contributed by atoms with E-state index in [1.165, 1.54) is 0 Å². The predicted octanol–water partition coefficient (Wildman–Crippen LogP) is -3.14. The van der Waals surface area contributed by atoms with Crippen LogP contribution in [0.25, 0.3) is 0 Å². The van der Waals surface area contributed by atoms with Crippen molar-refractivity contribution in [3.8, 4) is 0 Å². The van der Waals surface area contributed by atoms with Crippen molar-refractivity contribution in [2.24, 2.45) is 0 Å². The number of rotatable bonds is 3. The highest BCUT2D eigenvalue weighted by molar-refractivity contribution is 5.87. The summed E-state index contributed by atoms with van der Waals surface area (Å²) in [6.45, 7) is 0. The highest BCUT2D eigenvalue weighted by Crippen LogP contribution is 2.15. The Morgan fingerprint density at radius 3 is 2.60 bits per heavy atom. The molecule has 1 unspecified atom stereocenters. The van der Waals surface area contributed by atoms with Crippen LogP contribution in [0.3, 0.4) is 0 Å². The molecule has 1 aliphatic rings. The molecule has 1 rings (SSSR count). The standard InChI is InChI=1S/C9H9NO5/c11-2-1-5-3-6(8(12)13)10-7(4-5)9(14)15/h1-3,7,10H,4H2,(H,12,13)(H,14,15)/p-2/b5-1+. The number of carboxylic acids is 2. The van der Waals surface area contributed by atoms with Gasteiger partial charge in [-0.25, -0.2) is 0 Å². The number of hydrogen-bond donors (Lipinski definition) is 1. The molecule has 0 amide bonds. The first-order chi connectivity index (χ1) is 7.04. The molecule has 0 aromatic heterocycles. The Bertz CT molecular complexity index is 369.